The highest BCUT2D eigenvalue weighted by molar-refractivity contribution is 7.99. The quantitative estimate of drug-likeness (QED) is 0.775. The van der Waals surface area contributed by atoms with Gasteiger partial charge in [0.15, 0.2) is 0 Å². The van der Waals surface area contributed by atoms with E-state index in [1.54, 1.807) is 0 Å². The van der Waals surface area contributed by atoms with Gasteiger partial charge in [-0.2, -0.15) is 11.8 Å². The Kier molecular flexibility index (Phi) is 4.94. The zero-order valence-corrected chi connectivity index (χ0v) is 9.10. The zero-order chi connectivity index (χ0) is 9.52. The maximum atomic E-state index is 3.23. The van der Waals surface area contributed by atoms with Gasteiger partial charge in [-0.1, -0.05) is 37.3 Å². The van der Waals surface area contributed by atoms with E-state index in [1.807, 2.05) is 18.8 Å². The number of benzene rings is 1. The van der Waals surface area contributed by atoms with Gasteiger partial charge in [0.1, 0.15) is 0 Å². The Morgan fingerprint density at radius 3 is 2.54 bits per heavy atom. The van der Waals surface area contributed by atoms with E-state index in [2.05, 4.69) is 42.6 Å². The SMILES string of the molecule is CCSC(CNC)c1ccccc1. The molecule has 72 valence electrons. The predicted octanol–water partition coefficient (Wildman–Crippen LogP) is 2.70. The molecular weight excluding hydrogens is 178 g/mol. The average molecular weight is 195 g/mol. The van der Waals surface area contributed by atoms with Crippen LogP contribution in [-0.2, 0) is 0 Å². The van der Waals surface area contributed by atoms with Crippen LogP contribution >= 0.6 is 11.8 Å². The topological polar surface area (TPSA) is 12.0 Å². The first-order valence-electron chi connectivity index (χ1n) is 4.69. The molecule has 1 aromatic rings. The fraction of sp³-hybridized carbons (Fsp3) is 0.455. The van der Waals surface area contributed by atoms with Crippen molar-refractivity contribution in [3.05, 3.63) is 35.9 Å². The molecular formula is C11H17NS. The van der Waals surface area contributed by atoms with Gasteiger partial charge < -0.3 is 5.32 Å². The van der Waals surface area contributed by atoms with Crippen molar-refractivity contribution in [2.24, 2.45) is 0 Å². The first-order chi connectivity index (χ1) is 6.38. The van der Waals surface area contributed by atoms with Gasteiger partial charge >= 0.3 is 0 Å². The lowest BCUT2D eigenvalue weighted by molar-refractivity contribution is 0.778. The molecule has 0 fully saturated rings. The molecule has 1 unspecified atom stereocenters. The minimum Gasteiger partial charge on any atom is -0.318 e. The van der Waals surface area contributed by atoms with Crippen LogP contribution in [0.4, 0.5) is 0 Å². The largest absolute Gasteiger partial charge is 0.318 e. The highest BCUT2D eigenvalue weighted by atomic mass is 32.2. The Morgan fingerprint density at radius 2 is 2.00 bits per heavy atom. The van der Waals surface area contributed by atoms with Gasteiger partial charge in [-0.25, -0.2) is 0 Å². The molecule has 1 atom stereocenters. The Bertz CT molecular complexity index is 217. The highest BCUT2D eigenvalue weighted by Crippen LogP contribution is 2.27. The average Bonchev–Trinajstić information content (AvgIpc) is 2.19. The highest BCUT2D eigenvalue weighted by Gasteiger charge is 2.08. The van der Waals surface area contributed by atoms with Gasteiger partial charge in [-0.05, 0) is 18.4 Å². The summed E-state index contributed by atoms with van der Waals surface area (Å²) in [5.41, 5.74) is 1.42. The van der Waals surface area contributed by atoms with Crippen molar-refractivity contribution in [1.29, 1.82) is 0 Å². The molecule has 1 nitrogen and oxygen atoms in total. The number of thioether (sulfide) groups is 1. The summed E-state index contributed by atoms with van der Waals surface area (Å²) in [5, 5.41) is 3.82. The van der Waals surface area contributed by atoms with Crippen LogP contribution in [0.3, 0.4) is 0 Å². The van der Waals surface area contributed by atoms with Gasteiger partial charge in [-0.3, -0.25) is 0 Å². The van der Waals surface area contributed by atoms with Crippen LogP contribution in [0, 0.1) is 0 Å². The summed E-state index contributed by atoms with van der Waals surface area (Å²) >= 11 is 1.99. The number of rotatable bonds is 5. The summed E-state index contributed by atoms with van der Waals surface area (Å²) in [6.45, 7) is 3.25. The molecule has 0 aromatic heterocycles. The molecule has 0 aliphatic carbocycles. The second-order valence-corrected chi connectivity index (χ2v) is 4.39. The maximum absolute atomic E-state index is 3.23. The second kappa shape index (κ2) is 6.06. The molecule has 0 aliphatic rings. The normalized spacial score (nSPS) is 12.8. The molecule has 0 spiro atoms. The summed E-state index contributed by atoms with van der Waals surface area (Å²) in [6.07, 6.45) is 0. The molecule has 0 aliphatic heterocycles. The number of hydrogen-bond donors (Lipinski definition) is 1. The minimum absolute atomic E-state index is 0.594. The van der Waals surface area contributed by atoms with Crippen molar-refractivity contribution in [2.45, 2.75) is 12.2 Å². The first-order valence-corrected chi connectivity index (χ1v) is 5.74. The predicted molar refractivity (Wildman–Crippen MR) is 61.2 cm³/mol. The molecule has 0 saturated carbocycles. The minimum atomic E-state index is 0.594. The molecule has 1 rings (SSSR count). The smallest absolute Gasteiger partial charge is 0.0421 e. The van der Waals surface area contributed by atoms with Crippen LogP contribution in [0.25, 0.3) is 0 Å². The van der Waals surface area contributed by atoms with E-state index in [4.69, 9.17) is 0 Å². The summed E-state index contributed by atoms with van der Waals surface area (Å²) in [5.74, 6) is 1.17. The molecule has 0 amide bonds. The van der Waals surface area contributed by atoms with Crippen LogP contribution in [-0.4, -0.2) is 19.3 Å². The first kappa shape index (κ1) is 10.6. The fourth-order valence-electron chi connectivity index (χ4n) is 1.33. The van der Waals surface area contributed by atoms with Crippen molar-refractivity contribution in [3.8, 4) is 0 Å². The second-order valence-electron chi connectivity index (χ2n) is 2.91. The van der Waals surface area contributed by atoms with E-state index in [9.17, 15) is 0 Å². The number of nitrogens with one attached hydrogen (secondary N) is 1. The molecule has 0 radical (unpaired) electrons. The van der Waals surface area contributed by atoms with Crippen molar-refractivity contribution in [1.82, 2.24) is 5.32 Å². The zero-order valence-electron chi connectivity index (χ0n) is 8.29. The van der Waals surface area contributed by atoms with Gasteiger partial charge in [-0.15, -0.1) is 0 Å². The van der Waals surface area contributed by atoms with E-state index in [-0.39, 0.29) is 0 Å². The standard InChI is InChI=1S/C11H17NS/c1-3-13-11(9-12-2)10-7-5-4-6-8-10/h4-8,11-12H,3,9H2,1-2H3. The van der Waals surface area contributed by atoms with Gasteiger partial charge in [0, 0.05) is 11.8 Å². The Balaban J connectivity index is 2.64. The monoisotopic (exact) mass is 195 g/mol. The van der Waals surface area contributed by atoms with Crippen LogP contribution in [0.15, 0.2) is 30.3 Å². The lowest BCUT2D eigenvalue weighted by atomic mass is 10.1. The molecule has 13 heavy (non-hydrogen) atoms. The summed E-state index contributed by atoms with van der Waals surface area (Å²) < 4.78 is 0. The van der Waals surface area contributed by atoms with E-state index < -0.39 is 0 Å². The van der Waals surface area contributed by atoms with Crippen LogP contribution < -0.4 is 5.32 Å². The molecule has 0 heterocycles. The van der Waals surface area contributed by atoms with Crippen molar-refractivity contribution in [2.75, 3.05) is 19.3 Å². The molecule has 0 saturated heterocycles. The van der Waals surface area contributed by atoms with E-state index >= 15 is 0 Å². The molecule has 1 aromatic carbocycles. The summed E-state index contributed by atoms with van der Waals surface area (Å²) in [7, 11) is 2.01. The van der Waals surface area contributed by atoms with Crippen LogP contribution in [0.5, 0.6) is 0 Å². The third-order valence-corrected chi connectivity index (χ3v) is 3.10. The van der Waals surface area contributed by atoms with E-state index in [0.717, 1.165) is 6.54 Å². The molecule has 0 bridgehead atoms. The Labute approximate surface area is 84.9 Å². The summed E-state index contributed by atoms with van der Waals surface area (Å²) in [6, 6.07) is 10.7. The Hall–Kier alpha value is -0.470. The lowest BCUT2D eigenvalue weighted by Gasteiger charge is -2.15. The number of hydrogen-bond acceptors (Lipinski definition) is 2. The number of likely N-dealkylation sites (N-methyl/N-ethyl adjacent to an activating group) is 1. The van der Waals surface area contributed by atoms with Gasteiger partial charge in [0.2, 0.25) is 0 Å². The van der Waals surface area contributed by atoms with Crippen molar-refractivity contribution < 1.29 is 0 Å². The summed E-state index contributed by atoms with van der Waals surface area (Å²) in [4.78, 5) is 0. The maximum Gasteiger partial charge on any atom is 0.0421 e. The fourth-order valence-corrected chi connectivity index (χ4v) is 2.36. The molecule has 1 N–H and O–H groups in total. The van der Waals surface area contributed by atoms with Crippen LogP contribution in [0.2, 0.25) is 0 Å². The lowest BCUT2D eigenvalue weighted by Crippen LogP contribution is -2.15. The molecule has 2 heteroatoms. The van der Waals surface area contributed by atoms with Gasteiger partial charge in [0.05, 0.1) is 0 Å². The van der Waals surface area contributed by atoms with Crippen molar-refractivity contribution in [3.63, 3.8) is 0 Å². The van der Waals surface area contributed by atoms with Crippen molar-refractivity contribution >= 4 is 11.8 Å². The van der Waals surface area contributed by atoms with Crippen LogP contribution in [0.1, 0.15) is 17.7 Å². The Morgan fingerprint density at radius 1 is 1.31 bits per heavy atom. The van der Waals surface area contributed by atoms with E-state index in [1.165, 1.54) is 11.3 Å². The van der Waals surface area contributed by atoms with Gasteiger partial charge in [0.25, 0.3) is 0 Å². The van der Waals surface area contributed by atoms with E-state index in [0.29, 0.717) is 5.25 Å². The third-order valence-electron chi connectivity index (χ3n) is 1.93. The third kappa shape index (κ3) is 3.41.